The summed E-state index contributed by atoms with van der Waals surface area (Å²) in [6.07, 6.45) is 0. The second-order valence-electron chi connectivity index (χ2n) is 6.95. The first-order valence-electron chi connectivity index (χ1n) is 8.61. The van der Waals surface area contributed by atoms with Gasteiger partial charge in [0.2, 0.25) is 5.91 Å². The topological polar surface area (TPSA) is 45.2 Å². The molecule has 0 spiro atoms. The molecule has 0 unspecified atom stereocenters. The molecule has 1 aliphatic heterocycles. The molecule has 6 heteroatoms. The molecule has 4 nitrogen and oxygen atoms in total. The number of aromatic nitrogens is 1. The molecular weight excluding hydrogens is 349 g/mol. The van der Waals surface area contributed by atoms with E-state index in [-0.39, 0.29) is 17.6 Å². The number of rotatable bonds is 3. The molecule has 0 radical (unpaired) electrons. The lowest BCUT2D eigenvalue weighted by Crippen LogP contribution is -2.52. The lowest BCUT2D eigenvalue weighted by molar-refractivity contribution is -0.120. The highest BCUT2D eigenvalue weighted by atomic mass is 32.1. The van der Waals surface area contributed by atoms with Crippen LogP contribution in [0.25, 0.3) is 10.2 Å². The number of thiazole rings is 1. The molecule has 134 valence electrons. The van der Waals surface area contributed by atoms with Crippen LogP contribution in [0.2, 0.25) is 0 Å². The Labute approximate surface area is 155 Å². The van der Waals surface area contributed by atoms with Crippen LogP contribution in [0.4, 0.5) is 15.2 Å². The fourth-order valence-corrected chi connectivity index (χ4v) is 4.44. The van der Waals surface area contributed by atoms with Crippen LogP contribution in [0, 0.1) is 32.5 Å². The van der Waals surface area contributed by atoms with Crippen molar-refractivity contribution < 1.29 is 9.18 Å². The monoisotopic (exact) mass is 369 g/mol. The number of hydrogen-bond donors (Lipinski definition) is 1. The number of amides is 1. The number of hydrogen-bond acceptors (Lipinski definition) is 4. The third-order valence-electron chi connectivity index (χ3n) is 4.81. The maximum Gasteiger partial charge on any atom is 0.231 e. The number of halogens is 1. The lowest BCUT2D eigenvalue weighted by atomic mass is 9.98. The van der Waals surface area contributed by atoms with E-state index in [4.69, 9.17) is 0 Å². The van der Waals surface area contributed by atoms with E-state index in [1.165, 1.54) is 23.0 Å². The van der Waals surface area contributed by atoms with Gasteiger partial charge in [-0.05, 0) is 44.0 Å². The third-order valence-corrected chi connectivity index (χ3v) is 5.89. The number of benzene rings is 2. The van der Waals surface area contributed by atoms with Crippen molar-refractivity contribution in [3.63, 3.8) is 0 Å². The molecule has 26 heavy (non-hydrogen) atoms. The van der Waals surface area contributed by atoms with Gasteiger partial charge in [0.25, 0.3) is 0 Å². The first kappa shape index (κ1) is 17.0. The fourth-order valence-electron chi connectivity index (χ4n) is 3.44. The van der Waals surface area contributed by atoms with Crippen LogP contribution >= 0.6 is 11.3 Å². The minimum Gasteiger partial charge on any atom is -0.346 e. The molecule has 4 rings (SSSR count). The molecule has 0 saturated carbocycles. The van der Waals surface area contributed by atoms with Gasteiger partial charge in [-0.3, -0.25) is 4.79 Å². The van der Waals surface area contributed by atoms with Crippen molar-refractivity contribution in [2.24, 2.45) is 5.92 Å². The highest BCUT2D eigenvalue weighted by molar-refractivity contribution is 7.22. The minimum absolute atomic E-state index is 0.0311. The first-order valence-corrected chi connectivity index (χ1v) is 9.43. The summed E-state index contributed by atoms with van der Waals surface area (Å²) in [5.74, 6) is -0.347. The molecule has 3 aromatic rings. The van der Waals surface area contributed by atoms with Crippen LogP contribution in [-0.4, -0.2) is 24.0 Å². The Balaban J connectivity index is 1.44. The zero-order valence-electron chi connectivity index (χ0n) is 15.0. The predicted molar refractivity (Wildman–Crippen MR) is 105 cm³/mol. The molecule has 2 heterocycles. The summed E-state index contributed by atoms with van der Waals surface area (Å²) in [7, 11) is 0. The Bertz CT molecular complexity index is 984. The van der Waals surface area contributed by atoms with Gasteiger partial charge in [0, 0.05) is 18.8 Å². The number of carbonyl (C=O) groups is 1. The third kappa shape index (κ3) is 2.94. The number of nitrogens with one attached hydrogen (secondary N) is 1. The Hall–Kier alpha value is -2.47. The second-order valence-corrected chi connectivity index (χ2v) is 7.96. The van der Waals surface area contributed by atoms with Crippen LogP contribution < -0.4 is 10.2 Å². The highest BCUT2D eigenvalue weighted by Gasteiger charge is 2.34. The van der Waals surface area contributed by atoms with E-state index in [1.807, 2.05) is 24.8 Å². The van der Waals surface area contributed by atoms with Gasteiger partial charge in [0.1, 0.15) is 11.3 Å². The van der Waals surface area contributed by atoms with Crippen molar-refractivity contribution in [1.29, 1.82) is 0 Å². The minimum atomic E-state index is -0.301. The van der Waals surface area contributed by atoms with Crippen molar-refractivity contribution in [2.75, 3.05) is 23.3 Å². The maximum atomic E-state index is 13.8. The van der Waals surface area contributed by atoms with Crippen LogP contribution in [0.15, 0.2) is 30.3 Å². The number of aryl methyl sites for hydroxylation is 3. The maximum absolute atomic E-state index is 13.8. The lowest BCUT2D eigenvalue weighted by Gasteiger charge is -2.38. The van der Waals surface area contributed by atoms with Gasteiger partial charge in [-0.2, -0.15) is 0 Å². The van der Waals surface area contributed by atoms with E-state index in [1.54, 1.807) is 6.07 Å². The molecule has 2 aromatic carbocycles. The second kappa shape index (κ2) is 6.36. The van der Waals surface area contributed by atoms with Crippen LogP contribution in [0.5, 0.6) is 0 Å². The van der Waals surface area contributed by atoms with Gasteiger partial charge in [-0.15, -0.1) is 0 Å². The van der Waals surface area contributed by atoms with E-state index >= 15 is 0 Å². The van der Waals surface area contributed by atoms with Crippen LogP contribution in [0.1, 0.15) is 16.7 Å². The smallest absolute Gasteiger partial charge is 0.231 e. The Morgan fingerprint density at radius 1 is 1.23 bits per heavy atom. The van der Waals surface area contributed by atoms with E-state index in [0.717, 1.165) is 26.6 Å². The first-order chi connectivity index (χ1) is 12.4. The molecule has 1 N–H and O–H groups in total. The molecule has 1 aromatic heterocycles. The van der Waals surface area contributed by atoms with Crippen molar-refractivity contribution in [3.05, 3.63) is 52.8 Å². The van der Waals surface area contributed by atoms with Crippen molar-refractivity contribution in [3.8, 4) is 0 Å². The summed E-state index contributed by atoms with van der Waals surface area (Å²) < 4.78 is 14.6. The van der Waals surface area contributed by atoms with E-state index < -0.39 is 0 Å². The average Bonchev–Trinajstić information content (AvgIpc) is 2.94. The average molecular weight is 369 g/mol. The van der Waals surface area contributed by atoms with Crippen molar-refractivity contribution in [2.45, 2.75) is 20.8 Å². The van der Waals surface area contributed by atoms with Crippen molar-refractivity contribution >= 4 is 38.3 Å². The molecule has 1 aliphatic rings. The van der Waals surface area contributed by atoms with Gasteiger partial charge < -0.3 is 10.2 Å². The molecular formula is C20H20FN3OS. The van der Waals surface area contributed by atoms with Gasteiger partial charge in [0.05, 0.1) is 10.6 Å². The van der Waals surface area contributed by atoms with Crippen molar-refractivity contribution in [1.82, 2.24) is 4.98 Å². The number of para-hydroxylation sites is 1. The molecule has 0 atom stereocenters. The summed E-state index contributed by atoms with van der Waals surface area (Å²) in [6.45, 7) is 7.29. The zero-order valence-corrected chi connectivity index (χ0v) is 15.8. The van der Waals surface area contributed by atoms with Crippen LogP contribution in [0.3, 0.4) is 0 Å². The fraction of sp³-hybridized carbons (Fsp3) is 0.300. The molecule has 0 aliphatic carbocycles. The van der Waals surface area contributed by atoms with E-state index in [0.29, 0.717) is 18.6 Å². The normalized spacial score (nSPS) is 14.5. The summed E-state index contributed by atoms with van der Waals surface area (Å²) >= 11 is 1.46. The summed E-state index contributed by atoms with van der Waals surface area (Å²) in [6, 6.07) is 9.13. The molecule has 1 fully saturated rings. The van der Waals surface area contributed by atoms with Gasteiger partial charge in [-0.1, -0.05) is 35.1 Å². The number of anilines is 2. The SMILES string of the molecule is Cc1cc(C)c(NC(=O)C2CN(c3nc4c(F)cccc4s3)C2)c(C)c1. The Kier molecular flexibility index (Phi) is 4.15. The Morgan fingerprint density at radius 2 is 1.92 bits per heavy atom. The van der Waals surface area contributed by atoms with Gasteiger partial charge in [-0.25, -0.2) is 9.37 Å². The Morgan fingerprint density at radius 3 is 2.58 bits per heavy atom. The highest BCUT2D eigenvalue weighted by Crippen LogP contribution is 2.34. The standard InChI is InChI=1S/C20H20FN3OS/c1-11-7-12(2)17(13(3)8-11)22-19(25)14-9-24(10-14)20-23-18-15(21)5-4-6-16(18)26-20/h4-8,14H,9-10H2,1-3H3,(H,22,25). The summed E-state index contributed by atoms with van der Waals surface area (Å²) in [5.41, 5.74) is 4.66. The number of carbonyl (C=O) groups excluding carboxylic acids is 1. The summed E-state index contributed by atoms with van der Waals surface area (Å²) in [4.78, 5) is 19.0. The van der Waals surface area contributed by atoms with Gasteiger partial charge >= 0.3 is 0 Å². The zero-order chi connectivity index (χ0) is 18.4. The van der Waals surface area contributed by atoms with Crippen LogP contribution in [-0.2, 0) is 4.79 Å². The number of nitrogens with zero attached hydrogens (tertiary/aromatic N) is 2. The molecule has 1 saturated heterocycles. The van der Waals surface area contributed by atoms with Gasteiger partial charge in [0.15, 0.2) is 5.13 Å². The quantitative estimate of drug-likeness (QED) is 0.743. The number of fused-ring (bicyclic) bond motifs is 1. The largest absolute Gasteiger partial charge is 0.346 e. The predicted octanol–water partition coefficient (Wildman–Crippen LogP) is 4.44. The molecule has 1 amide bonds. The van der Waals surface area contributed by atoms with E-state index in [9.17, 15) is 9.18 Å². The van der Waals surface area contributed by atoms with E-state index in [2.05, 4.69) is 29.4 Å². The molecule has 0 bridgehead atoms. The summed E-state index contributed by atoms with van der Waals surface area (Å²) in [5, 5.41) is 3.85.